The maximum absolute atomic E-state index is 12.9. The molecule has 0 spiro atoms. The molecule has 0 bridgehead atoms. The third-order valence-corrected chi connectivity index (χ3v) is 4.71. The number of hydrogen-bond acceptors (Lipinski definition) is 4. The lowest BCUT2D eigenvalue weighted by molar-refractivity contribution is -0.135. The van der Waals surface area contributed by atoms with E-state index in [1.807, 2.05) is 33.8 Å². The molecule has 27 heavy (non-hydrogen) atoms. The van der Waals surface area contributed by atoms with Gasteiger partial charge in [0.2, 0.25) is 0 Å². The van der Waals surface area contributed by atoms with E-state index in [4.69, 9.17) is 4.74 Å². The molecule has 3 heterocycles. The highest BCUT2D eigenvalue weighted by Gasteiger charge is 2.22. The molecule has 0 saturated carbocycles. The molecule has 1 fully saturated rings. The molecule has 140 valence electrons. The Balaban J connectivity index is 1.25. The minimum Gasteiger partial charge on any atom is -0.484 e. The number of carbonyl (C=O) groups excluding carboxylic acids is 1. The van der Waals surface area contributed by atoms with Crippen molar-refractivity contribution in [1.82, 2.24) is 19.4 Å². The number of halogens is 1. The van der Waals surface area contributed by atoms with Crippen molar-refractivity contribution in [1.29, 1.82) is 0 Å². The van der Waals surface area contributed by atoms with Crippen LogP contribution in [-0.2, 0) is 11.3 Å². The van der Waals surface area contributed by atoms with Crippen LogP contribution in [0.15, 0.2) is 54.7 Å². The Morgan fingerprint density at radius 2 is 1.85 bits per heavy atom. The number of carbonyl (C=O) groups is 1. The zero-order valence-corrected chi connectivity index (χ0v) is 14.9. The van der Waals surface area contributed by atoms with Crippen molar-refractivity contribution in [3.8, 4) is 5.75 Å². The van der Waals surface area contributed by atoms with Crippen LogP contribution in [0, 0.1) is 5.82 Å². The van der Waals surface area contributed by atoms with Crippen LogP contribution in [0.25, 0.3) is 5.52 Å². The van der Waals surface area contributed by atoms with Crippen LogP contribution in [0.3, 0.4) is 0 Å². The molecule has 1 aliphatic heterocycles. The number of amides is 1. The van der Waals surface area contributed by atoms with Crippen molar-refractivity contribution in [2.24, 2.45) is 0 Å². The van der Waals surface area contributed by atoms with Crippen LogP contribution in [0.5, 0.6) is 5.75 Å². The molecule has 0 radical (unpaired) electrons. The largest absolute Gasteiger partial charge is 0.484 e. The summed E-state index contributed by atoms with van der Waals surface area (Å²) in [5.41, 5.74) is 2.11. The summed E-state index contributed by atoms with van der Waals surface area (Å²) in [6, 6.07) is 13.8. The summed E-state index contributed by atoms with van der Waals surface area (Å²) in [5, 5.41) is 4.58. The van der Waals surface area contributed by atoms with Gasteiger partial charge in [0.1, 0.15) is 11.6 Å². The topological polar surface area (TPSA) is 50.1 Å². The number of ether oxygens (including phenoxy) is 1. The van der Waals surface area contributed by atoms with E-state index in [2.05, 4.69) is 16.1 Å². The second-order valence-corrected chi connectivity index (χ2v) is 6.61. The average molecular weight is 368 g/mol. The van der Waals surface area contributed by atoms with E-state index in [0.717, 1.165) is 30.8 Å². The first-order valence-electron chi connectivity index (χ1n) is 8.99. The Kier molecular flexibility index (Phi) is 5.02. The van der Waals surface area contributed by atoms with Gasteiger partial charge in [-0.05, 0) is 42.5 Å². The lowest BCUT2D eigenvalue weighted by Gasteiger charge is -2.34. The third kappa shape index (κ3) is 4.25. The Labute approximate surface area is 156 Å². The SMILES string of the molecule is O=C(COc1ccc(F)cc1)N1CCN(Cc2cc3ccccn3n2)CC1. The fraction of sp³-hybridized carbons (Fsp3) is 0.300. The molecule has 1 aromatic carbocycles. The normalized spacial score (nSPS) is 15.2. The summed E-state index contributed by atoms with van der Waals surface area (Å²) in [4.78, 5) is 16.4. The van der Waals surface area contributed by atoms with Crippen molar-refractivity contribution in [2.75, 3.05) is 32.8 Å². The highest BCUT2D eigenvalue weighted by Crippen LogP contribution is 2.13. The van der Waals surface area contributed by atoms with E-state index in [1.165, 1.54) is 24.3 Å². The summed E-state index contributed by atoms with van der Waals surface area (Å²) >= 11 is 0. The highest BCUT2D eigenvalue weighted by molar-refractivity contribution is 5.77. The summed E-state index contributed by atoms with van der Waals surface area (Å²) in [7, 11) is 0. The monoisotopic (exact) mass is 368 g/mol. The molecule has 1 amide bonds. The summed E-state index contributed by atoms with van der Waals surface area (Å²) in [5.74, 6) is 0.123. The summed E-state index contributed by atoms with van der Waals surface area (Å²) in [6.07, 6.45) is 1.94. The Morgan fingerprint density at radius 1 is 1.07 bits per heavy atom. The van der Waals surface area contributed by atoms with Gasteiger partial charge in [-0.1, -0.05) is 6.07 Å². The van der Waals surface area contributed by atoms with Gasteiger partial charge in [0.15, 0.2) is 6.61 Å². The quantitative estimate of drug-likeness (QED) is 0.693. The zero-order chi connectivity index (χ0) is 18.6. The van der Waals surface area contributed by atoms with Gasteiger partial charge in [-0.2, -0.15) is 5.10 Å². The van der Waals surface area contributed by atoms with Gasteiger partial charge >= 0.3 is 0 Å². The predicted molar refractivity (Wildman–Crippen MR) is 98.9 cm³/mol. The van der Waals surface area contributed by atoms with Gasteiger partial charge in [0, 0.05) is 38.9 Å². The molecule has 0 aliphatic carbocycles. The second-order valence-electron chi connectivity index (χ2n) is 6.61. The molecule has 2 aromatic heterocycles. The number of nitrogens with zero attached hydrogens (tertiary/aromatic N) is 4. The van der Waals surface area contributed by atoms with Crippen LogP contribution in [-0.4, -0.2) is 58.1 Å². The first kappa shape index (κ1) is 17.5. The van der Waals surface area contributed by atoms with E-state index in [9.17, 15) is 9.18 Å². The van der Waals surface area contributed by atoms with Crippen LogP contribution >= 0.6 is 0 Å². The molecule has 3 aromatic rings. The average Bonchev–Trinajstić information content (AvgIpc) is 3.10. The Hall–Kier alpha value is -2.93. The molecule has 7 heteroatoms. The fourth-order valence-corrected chi connectivity index (χ4v) is 3.22. The Bertz CT molecular complexity index is 884. The summed E-state index contributed by atoms with van der Waals surface area (Å²) in [6.45, 7) is 3.68. The smallest absolute Gasteiger partial charge is 0.260 e. The Morgan fingerprint density at radius 3 is 2.59 bits per heavy atom. The number of hydrogen-bond donors (Lipinski definition) is 0. The molecule has 0 unspecified atom stereocenters. The van der Waals surface area contributed by atoms with Gasteiger partial charge in [0.05, 0.1) is 11.2 Å². The standard InChI is InChI=1S/C20H21FN4O2/c21-16-4-6-19(7-5-16)27-15-20(26)24-11-9-23(10-12-24)14-17-13-18-3-1-2-8-25(18)22-17/h1-8,13H,9-12,14-15H2. The maximum atomic E-state index is 12.9. The highest BCUT2D eigenvalue weighted by atomic mass is 19.1. The van der Waals surface area contributed by atoms with E-state index in [-0.39, 0.29) is 18.3 Å². The molecule has 0 atom stereocenters. The second kappa shape index (κ2) is 7.75. The van der Waals surface area contributed by atoms with Crippen molar-refractivity contribution in [3.05, 3.63) is 66.2 Å². The molecule has 6 nitrogen and oxygen atoms in total. The van der Waals surface area contributed by atoms with Crippen LogP contribution in [0.2, 0.25) is 0 Å². The number of pyridine rings is 1. The number of rotatable bonds is 5. The number of aromatic nitrogens is 2. The van der Waals surface area contributed by atoms with Crippen LogP contribution in [0.4, 0.5) is 4.39 Å². The fourth-order valence-electron chi connectivity index (χ4n) is 3.22. The summed E-state index contributed by atoms with van der Waals surface area (Å²) < 4.78 is 20.2. The first-order chi connectivity index (χ1) is 13.2. The maximum Gasteiger partial charge on any atom is 0.260 e. The van der Waals surface area contributed by atoms with E-state index < -0.39 is 0 Å². The van der Waals surface area contributed by atoms with Gasteiger partial charge in [-0.3, -0.25) is 9.69 Å². The number of benzene rings is 1. The van der Waals surface area contributed by atoms with E-state index in [1.54, 1.807) is 0 Å². The van der Waals surface area contributed by atoms with E-state index >= 15 is 0 Å². The molecule has 0 N–H and O–H groups in total. The third-order valence-electron chi connectivity index (χ3n) is 4.71. The zero-order valence-electron chi connectivity index (χ0n) is 14.9. The van der Waals surface area contributed by atoms with Crippen molar-refractivity contribution in [3.63, 3.8) is 0 Å². The molecule has 4 rings (SSSR count). The van der Waals surface area contributed by atoms with Crippen LogP contribution in [0.1, 0.15) is 5.69 Å². The number of fused-ring (bicyclic) bond motifs is 1. The molecule has 1 saturated heterocycles. The molecular formula is C20H21FN4O2. The van der Waals surface area contributed by atoms with Gasteiger partial charge < -0.3 is 9.64 Å². The minimum atomic E-state index is -0.324. The van der Waals surface area contributed by atoms with Crippen molar-refractivity contribution in [2.45, 2.75) is 6.54 Å². The van der Waals surface area contributed by atoms with E-state index in [0.29, 0.717) is 18.8 Å². The predicted octanol–water partition coefficient (Wildman–Crippen LogP) is 2.20. The van der Waals surface area contributed by atoms with Crippen molar-refractivity contribution >= 4 is 11.4 Å². The van der Waals surface area contributed by atoms with Gasteiger partial charge in [-0.25, -0.2) is 8.91 Å². The van der Waals surface area contributed by atoms with Crippen molar-refractivity contribution < 1.29 is 13.9 Å². The molecule has 1 aliphatic rings. The van der Waals surface area contributed by atoms with Gasteiger partial charge in [0.25, 0.3) is 5.91 Å². The lowest BCUT2D eigenvalue weighted by atomic mass is 10.2. The number of piperazine rings is 1. The minimum absolute atomic E-state index is 0.0297. The lowest BCUT2D eigenvalue weighted by Crippen LogP contribution is -2.49. The molecular weight excluding hydrogens is 347 g/mol. The first-order valence-corrected chi connectivity index (χ1v) is 8.99. The van der Waals surface area contributed by atoms with Crippen LogP contribution < -0.4 is 4.74 Å². The van der Waals surface area contributed by atoms with Gasteiger partial charge in [-0.15, -0.1) is 0 Å².